The highest BCUT2D eigenvalue weighted by Gasteiger charge is 2.23. The maximum atomic E-state index is 9.93. The first-order chi connectivity index (χ1) is 7.36. The van der Waals surface area contributed by atoms with Gasteiger partial charge in [-0.15, -0.1) is 11.3 Å². The van der Waals surface area contributed by atoms with Gasteiger partial charge >= 0.3 is 0 Å². The van der Waals surface area contributed by atoms with Gasteiger partial charge in [0, 0.05) is 18.0 Å². The van der Waals surface area contributed by atoms with Crippen molar-refractivity contribution >= 4 is 16.9 Å². The third-order valence-electron chi connectivity index (χ3n) is 2.58. The minimum Gasteiger partial charge on any atom is -0.511 e. The molecule has 1 aromatic heterocycles. The normalized spacial score (nSPS) is 14.4. The number of thiazole rings is 1. The van der Waals surface area contributed by atoms with E-state index in [1.54, 1.807) is 17.5 Å². The first-order valence-electron chi connectivity index (χ1n) is 4.76. The summed E-state index contributed by atoms with van der Waals surface area (Å²) < 4.78 is 0. The fraction of sp³-hybridized carbons (Fsp3) is 0.0833. The van der Waals surface area contributed by atoms with E-state index in [0.717, 1.165) is 16.1 Å². The molecule has 0 aliphatic heterocycles. The first-order valence-corrected chi connectivity index (χ1v) is 5.64. The van der Waals surface area contributed by atoms with Crippen LogP contribution < -0.4 is 0 Å². The summed E-state index contributed by atoms with van der Waals surface area (Å²) in [6.07, 6.45) is 2.40. The summed E-state index contributed by atoms with van der Waals surface area (Å²) in [5.41, 5.74) is 3.20. The summed E-state index contributed by atoms with van der Waals surface area (Å²) >= 11 is 1.56. The lowest BCUT2D eigenvalue weighted by Gasteiger charge is -2.00. The van der Waals surface area contributed by atoms with Crippen LogP contribution in [0.2, 0.25) is 0 Å². The Morgan fingerprint density at radius 1 is 1.27 bits per heavy atom. The zero-order chi connectivity index (χ0) is 10.3. The SMILES string of the molecule is OC1=C(c2nccs2)c2ccccc2C1. The third-order valence-corrected chi connectivity index (χ3v) is 3.37. The van der Waals surface area contributed by atoms with E-state index < -0.39 is 0 Å². The average molecular weight is 215 g/mol. The minimum absolute atomic E-state index is 0.436. The largest absolute Gasteiger partial charge is 0.511 e. The predicted octanol–water partition coefficient (Wildman–Crippen LogP) is 3.02. The van der Waals surface area contributed by atoms with E-state index in [0.29, 0.717) is 12.2 Å². The van der Waals surface area contributed by atoms with Gasteiger partial charge in [0.2, 0.25) is 0 Å². The molecule has 1 N–H and O–H groups in total. The predicted molar refractivity (Wildman–Crippen MR) is 60.9 cm³/mol. The van der Waals surface area contributed by atoms with Crippen LogP contribution in [0.25, 0.3) is 5.57 Å². The number of allylic oxidation sites excluding steroid dienone is 1. The molecule has 1 aliphatic rings. The van der Waals surface area contributed by atoms with Gasteiger partial charge in [0.25, 0.3) is 0 Å². The maximum absolute atomic E-state index is 9.93. The van der Waals surface area contributed by atoms with Crippen molar-refractivity contribution in [2.75, 3.05) is 0 Å². The smallest absolute Gasteiger partial charge is 0.127 e. The quantitative estimate of drug-likeness (QED) is 0.793. The number of aliphatic hydroxyl groups is 1. The molecule has 0 amide bonds. The Morgan fingerprint density at radius 2 is 2.13 bits per heavy atom. The van der Waals surface area contributed by atoms with Gasteiger partial charge in [0.05, 0.1) is 5.57 Å². The van der Waals surface area contributed by atoms with E-state index in [-0.39, 0.29) is 0 Å². The van der Waals surface area contributed by atoms with Crippen LogP contribution in [0.15, 0.2) is 41.6 Å². The van der Waals surface area contributed by atoms with Crippen LogP contribution in [0.5, 0.6) is 0 Å². The summed E-state index contributed by atoms with van der Waals surface area (Å²) in [5.74, 6) is 0.436. The van der Waals surface area contributed by atoms with Gasteiger partial charge in [-0.05, 0) is 11.1 Å². The Kier molecular flexibility index (Phi) is 1.86. The molecule has 0 saturated heterocycles. The van der Waals surface area contributed by atoms with Crippen molar-refractivity contribution in [3.05, 3.63) is 57.7 Å². The van der Waals surface area contributed by atoms with Crippen molar-refractivity contribution in [2.24, 2.45) is 0 Å². The van der Waals surface area contributed by atoms with Gasteiger partial charge in [0.15, 0.2) is 0 Å². The van der Waals surface area contributed by atoms with E-state index in [2.05, 4.69) is 4.98 Å². The van der Waals surface area contributed by atoms with Crippen LogP contribution in [-0.2, 0) is 6.42 Å². The molecular weight excluding hydrogens is 206 g/mol. The number of nitrogens with zero attached hydrogens (tertiary/aromatic N) is 1. The molecule has 0 spiro atoms. The highest BCUT2D eigenvalue weighted by atomic mass is 32.1. The molecule has 0 unspecified atom stereocenters. The Labute approximate surface area is 91.5 Å². The lowest BCUT2D eigenvalue weighted by atomic mass is 10.1. The minimum atomic E-state index is 0.436. The molecule has 0 radical (unpaired) electrons. The zero-order valence-corrected chi connectivity index (χ0v) is 8.79. The summed E-state index contributed by atoms with van der Waals surface area (Å²) in [5, 5.41) is 12.8. The van der Waals surface area contributed by atoms with Gasteiger partial charge in [0.1, 0.15) is 10.8 Å². The molecule has 1 aliphatic carbocycles. The Balaban J connectivity index is 2.20. The lowest BCUT2D eigenvalue weighted by molar-refractivity contribution is 0.406. The molecule has 1 heterocycles. The molecule has 2 nitrogen and oxygen atoms in total. The number of hydrogen-bond donors (Lipinski definition) is 1. The lowest BCUT2D eigenvalue weighted by Crippen LogP contribution is -1.86. The second-order valence-corrected chi connectivity index (χ2v) is 4.39. The van der Waals surface area contributed by atoms with Crippen LogP contribution in [-0.4, -0.2) is 10.1 Å². The molecule has 0 atom stereocenters. The van der Waals surface area contributed by atoms with Crippen LogP contribution in [0.1, 0.15) is 16.1 Å². The van der Waals surface area contributed by atoms with Gasteiger partial charge in [-0.1, -0.05) is 24.3 Å². The summed E-state index contributed by atoms with van der Waals surface area (Å²) in [7, 11) is 0. The van der Waals surface area contributed by atoms with E-state index in [1.807, 2.05) is 29.6 Å². The zero-order valence-electron chi connectivity index (χ0n) is 7.97. The van der Waals surface area contributed by atoms with E-state index in [9.17, 15) is 5.11 Å². The summed E-state index contributed by atoms with van der Waals surface area (Å²) in [4.78, 5) is 4.25. The van der Waals surface area contributed by atoms with Crippen LogP contribution in [0.3, 0.4) is 0 Å². The topological polar surface area (TPSA) is 33.1 Å². The second kappa shape index (κ2) is 3.21. The molecule has 0 fully saturated rings. The number of aromatic nitrogens is 1. The van der Waals surface area contributed by atoms with Gasteiger partial charge in [-0.25, -0.2) is 4.98 Å². The molecule has 0 bridgehead atoms. The van der Waals surface area contributed by atoms with Crippen molar-refractivity contribution in [3.63, 3.8) is 0 Å². The summed E-state index contributed by atoms with van der Waals surface area (Å²) in [6, 6.07) is 8.07. The number of fused-ring (bicyclic) bond motifs is 1. The van der Waals surface area contributed by atoms with E-state index >= 15 is 0 Å². The van der Waals surface area contributed by atoms with Gasteiger partial charge < -0.3 is 5.11 Å². The number of rotatable bonds is 1. The molecule has 3 rings (SSSR count). The van der Waals surface area contributed by atoms with Gasteiger partial charge in [-0.2, -0.15) is 0 Å². The molecular formula is C12H9NOS. The highest BCUT2D eigenvalue weighted by Crippen LogP contribution is 2.36. The van der Waals surface area contributed by atoms with E-state index in [1.165, 1.54) is 5.56 Å². The van der Waals surface area contributed by atoms with Crippen molar-refractivity contribution < 1.29 is 5.11 Å². The van der Waals surface area contributed by atoms with E-state index in [4.69, 9.17) is 0 Å². The van der Waals surface area contributed by atoms with Crippen molar-refractivity contribution in [3.8, 4) is 0 Å². The molecule has 0 saturated carbocycles. The Morgan fingerprint density at radius 3 is 2.93 bits per heavy atom. The molecule has 2 aromatic rings. The third kappa shape index (κ3) is 1.27. The number of hydrogen-bond acceptors (Lipinski definition) is 3. The number of aliphatic hydroxyl groups excluding tert-OH is 1. The Hall–Kier alpha value is -1.61. The average Bonchev–Trinajstić information content (AvgIpc) is 2.82. The first kappa shape index (κ1) is 8.68. The molecule has 1 aromatic carbocycles. The Bertz CT molecular complexity index is 528. The fourth-order valence-electron chi connectivity index (χ4n) is 1.93. The molecule has 74 valence electrons. The standard InChI is InChI=1S/C12H9NOS/c14-10-7-8-3-1-2-4-9(8)11(10)12-13-5-6-15-12/h1-6,14H,7H2. The van der Waals surface area contributed by atoms with Gasteiger partial charge in [-0.3, -0.25) is 0 Å². The van der Waals surface area contributed by atoms with Crippen molar-refractivity contribution in [1.29, 1.82) is 0 Å². The van der Waals surface area contributed by atoms with Crippen LogP contribution >= 0.6 is 11.3 Å². The maximum Gasteiger partial charge on any atom is 0.127 e. The summed E-state index contributed by atoms with van der Waals surface area (Å²) in [6.45, 7) is 0. The van der Waals surface area contributed by atoms with Crippen LogP contribution in [0, 0.1) is 0 Å². The molecule has 15 heavy (non-hydrogen) atoms. The van der Waals surface area contributed by atoms with Crippen molar-refractivity contribution in [2.45, 2.75) is 6.42 Å². The second-order valence-electron chi connectivity index (χ2n) is 3.49. The monoisotopic (exact) mass is 215 g/mol. The molecule has 3 heteroatoms. The fourth-order valence-corrected chi connectivity index (χ4v) is 2.65. The number of benzene rings is 1. The van der Waals surface area contributed by atoms with Crippen LogP contribution in [0.4, 0.5) is 0 Å². The highest BCUT2D eigenvalue weighted by molar-refractivity contribution is 7.10. The van der Waals surface area contributed by atoms with Crippen molar-refractivity contribution in [1.82, 2.24) is 4.98 Å².